The Balaban J connectivity index is 2.41. The zero-order valence-electron chi connectivity index (χ0n) is 10.8. The molecule has 0 aliphatic heterocycles. The third kappa shape index (κ3) is 1.78. The molecule has 0 saturated heterocycles. The Morgan fingerprint density at radius 2 is 2.19 bits per heavy atom. The molecule has 1 aliphatic carbocycles. The van der Waals surface area contributed by atoms with Gasteiger partial charge in [0.25, 0.3) is 0 Å². The second-order valence-electron chi connectivity index (χ2n) is 5.35. The van der Waals surface area contributed by atoms with Crippen molar-refractivity contribution in [3.8, 4) is 0 Å². The molecule has 0 radical (unpaired) electrons. The molecule has 0 aromatic heterocycles. The summed E-state index contributed by atoms with van der Waals surface area (Å²) >= 11 is 0. The largest absolute Gasteiger partial charge is 0.374 e. The normalized spacial score (nSPS) is 28.4. The Kier molecular flexibility index (Phi) is 3.07. The van der Waals surface area contributed by atoms with Gasteiger partial charge in [0, 0.05) is 6.61 Å². The molecule has 0 amide bonds. The fraction of sp³-hybridized carbons (Fsp3) is 0.600. The van der Waals surface area contributed by atoms with E-state index in [2.05, 4.69) is 52.0 Å². The lowest BCUT2D eigenvalue weighted by Crippen LogP contribution is -2.34. The molecule has 2 rings (SSSR count). The highest BCUT2D eigenvalue weighted by atomic mass is 16.5. The fourth-order valence-corrected chi connectivity index (χ4v) is 2.64. The van der Waals surface area contributed by atoms with Crippen LogP contribution in [0.25, 0.3) is 0 Å². The molecular formula is C15H22O. The summed E-state index contributed by atoms with van der Waals surface area (Å²) in [5.74, 6) is 0.644. The lowest BCUT2D eigenvalue weighted by Gasteiger charge is -2.41. The third-order valence-corrected chi connectivity index (χ3v) is 4.17. The first-order chi connectivity index (χ1) is 7.58. The molecule has 88 valence electrons. The Bertz CT molecular complexity index is 369. The predicted octanol–water partition coefficient (Wildman–Crippen LogP) is 4.08. The fourth-order valence-electron chi connectivity index (χ4n) is 2.64. The minimum absolute atomic E-state index is 0.258. The van der Waals surface area contributed by atoms with Crippen molar-refractivity contribution in [2.75, 3.05) is 6.61 Å². The number of fused-ring (bicyclic) bond motifs is 2. The van der Waals surface area contributed by atoms with Crippen LogP contribution in [0.4, 0.5) is 0 Å². The molecule has 1 aromatic rings. The van der Waals surface area contributed by atoms with Crippen LogP contribution < -0.4 is 0 Å². The summed E-state index contributed by atoms with van der Waals surface area (Å²) in [6, 6.07) is 8.93. The number of rotatable bonds is 3. The molecule has 0 heterocycles. The van der Waals surface area contributed by atoms with E-state index in [9.17, 15) is 0 Å². The van der Waals surface area contributed by atoms with E-state index in [-0.39, 0.29) is 11.5 Å². The molecule has 0 saturated carbocycles. The predicted molar refractivity (Wildman–Crippen MR) is 67.6 cm³/mol. The Morgan fingerprint density at radius 3 is 2.81 bits per heavy atom. The second kappa shape index (κ2) is 4.21. The van der Waals surface area contributed by atoms with Gasteiger partial charge in [-0.15, -0.1) is 0 Å². The highest BCUT2D eigenvalue weighted by Crippen LogP contribution is 2.45. The molecule has 0 fully saturated rings. The van der Waals surface area contributed by atoms with Gasteiger partial charge in [-0.1, -0.05) is 45.0 Å². The average Bonchev–Trinajstić information content (AvgIpc) is 2.27. The number of hydrogen-bond acceptors (Lipinski definition) is 1. The van der Waals surface area contributed by atoms with Crippen LogP contribution in [0.1, 0.15) is 51.3 Å². The van der Waals surface area contributed by atoms with Crippen LogP contribution in [0.3, 0.4) is 0 Å². The van der Waals surface area contributed by atoms with Gasteiger partial charge in [0.05, 0.1) is 6.10 Å². The van der Waals surface area contributed by atoms with Crippen LogP contribution in [0.15, 0.2) is 24.3 Å². The van der Waals surface area contributed by atoms with Crippen molar-refractivity contribution in [1.82, 2.24) is 0 Å². The molecule has 1 aromatic carbocycles. The van der Waals surface area contributed by atoms with Crippen molar-refractivity contribution in [2.24, 2.45) is 5.92 Å². The third-order valence-electron chi connectivity index (χ3n) is 4.17. The van der Waals surface area contributed by atoms with Crippen molar-refractivity contribution in [2.45, 2.75) is 45.6 Å². The van der Waals surface area contributed by atoms with Crippen LogP contribution in [-0.2, 0) is 10.2 Å². The van der Waals surface area contributed by atoms with Gasteiger partial charge < -0.3 is 4.74 Å². The Labute approximate surface area is 98.8 Å². The van der Waals surface area contributed by atoms with Crippen molar-refractivity contribution >= 4 is 0 Å². The van der Waals surface area contributed by atoms with Gasteiger partial charge in [-0.2, -0.15) is 0 Å². The number of benzene rings is 1. The minimum Gasteiger partial charge on any atom is -0.374 e. The summed E-state index contributed by atoms with van der Waals surface area (Å²) in [6.07, 6.45) is 1.40. The summed E-state index contributed by atoms with van der Waals surface area (Å²) in [5.41, 5.74) is 3.07. The van der Waals surface area contributed by atoms with Gasteiger partial charge in [-0.05, 0) is 35.8 Å². The van der Waals surface area contributed by atoms with Gasteiger partial charge in [0.15, 0.2) is 0 Å². The first kappa shape index (κ1) is 11.7. The maximum atomic E-state index is 5.87. The Morgan fingerprint density at radius 1 is 1.44 bits per heavy atom. The molecular weight excluding hydrogens is 196 g/mol. The Hall–Kier alpha value is -0.820. The van der Waals surface area contributed by atoms with Crippen molar-refractivity contribution in [3.63, 3.8) is 0 Å². The molecule has 0 N–H and O–H groups in total. The van der Waals surface area contributed by atoms with E-state index in [1.807, 2.05) is 0 Å². The topological polar surface area (TPSA) is 9.23 Å². The maximum absolute atomic E-state index is 5.87. The lowest BCUT2D eigenvalue weighted by molar-refractivity contribution is 0.0277. The smallest absolute Gasteiger partial charge is 0.0833 e. The molecule has 16 heavy (non-hydrogen) atoms. The van der Waals surface area contributed by atoms with Gasteiger partial charge >= 0.3 is 0 Å². The van der Waals surface area contributed by atoms with Crippen LogP contribution in [0.2, 0.25) is 0 Å². The summed E-state index contributed by atoms with van der Waals surface area (Å²) < 4.78 is 5.87. The SMILES string of the molecule is CCOC1CC(C)(C(C)C)c2cccc1c2. The monoisotopic (exact) mass is 218 g/mol. The zero-order chi connectivity index (χ0) is 11.8. The number of ether oxygens (including phenoxy) is 1. The van der Waals surface area contributed by atoms with Crippen LogP contribution in [0.5, 0.6) is 0 Å². The van der Waals surface area contributed by atoms with Crippen molar-refractivity contribution in [1.29, 1.82) is 0 Å². The minimum atomic E-state index is 0.258. The summed E-state index contributed by atoms with van der Waals surface area (Å²) in [5, 5.41) is 0. The van der Waals surface area contributed by atoms with Gasteiger partial charge in [0.1, 0.15) is 0 Å². The maximum Gasteiger partial charge on any atom is 0.0833 e. The van der Waals surface area contributed by atoms with E-state index in [4.69, 9.17) is 4.74 Å². The summed E-state index contributed by atoms with van der Waals surface area (Å²) in [6.45, 7) is 9.85. The highest BCUT2D eigenvalue weighted by Gasteiger charge is 2.37. The summed E-state index contributed by atoms with van der Waals surface area (Å²) in [4.78, 5) is 0. The zero-order valence-corrected chi connectivity index (χ0v) is 10.8. The molecule has 2 atom stereocenters. The van der Waals surface area contributed by atoms with Crippen LogP contribution in [0, 0.1) is 5.92 Å². The van der Waals surface area contributed by atoms with Gasteiger partial charge in [-0.3, -0.25) is 0 Å². The average molecular weight is 218 g/mol. The quantitative estimate of drug-likeness (QED) is 0.742. The van der Waals surface area contributed by atoms with E-state index in [1.54, 1.807) is 0 Å². The van der Waals surface area contributed by atoms with Crippen molar-refractivity contribution < 1.29 is 4.74 Å². The second-order valence-corrected chi connectivity index (χ2v) is 5.35. The van der Waals surface area contributed by atoms with Gasteiger partial charge in [0.2, 0.25) is 0 Å². The van der Waals surface area contributed by atoms with Crippen LogP contribution in [-0.4, -0.2) is 6.61 Å². The van der Waals surface area contributed by atoms with E-state index in [0.29, 0.717) is 5.92 Å². The molecule has 1 nitrogen and oxygen atoms in total. The van der Waals surface area contributed by atoms with Crippen LogP contribution >= 0.6 is 0 Å². The lowest BCUT2D eigenvalue weighted by atomic mass is 9.66. The van der Waals surface area contributed by atoms with E-state index in [0.717, 1.165) is 13.0 Å². The summed E-state index contributed by atoms with van der Waals surface area (Å²) in [7, 11) is 0. The van der Waals surface area contributed by atoms with Gasteiger partial charge in [-0.25, -0.2) is 0 Å². The number of hydrogen-bond donors (Lipinski definition) is 0. The first-order valence-corrected chi connectivity index (χ1v) is 6.30. The molecule has 2 bridgehead atoms. The van der Waals surface area contributed by atoms with Crippen molar-refractivity contribution in [3.05, 3.63) is 35.4 Å². The van der Waals surface area contributed by atoms with E-state index < -0.39 is 0 Å². The highest BCUT2D eigenvalue weighted by molar-refractivity contribution is 5.36. The molecule has 2 unspecified atom stereocenters. The molecule has 0 spiro atoms. The molecule has 1 aliphatic rings. The van der Waals surface area contributed by atoms with E-state index >= 15 is 0 Å². The molecule has 1 heteroatoms. The van der Waals surface area contributed by atoms with E-state index in [1.165, 1.54) is 11.1 Å². The standard InChI is InChI=1S/C15H22O/c1-5-16-14-10-15(4,11(2)3)13-8-6-7-12(14)9-13/h6-9,11,14H,5,10H2,1-4H3. The first-order valence-electron chi connectivity index (χ1n) is 6.30.